The third-order valence-corrected chi connectivity index (χ3v) is 4.18. The molecular formula is C14H22N2O3. The molecule has 1 heterocycles. The minimum Gasteiger partial charge on any atom is -0.277 e. The van der Waals surface area contributed by atoms with Gasteiger partial charge in [0.2, 0.25) is 11.8 Å². The number of nitrogens with zero attached hydrogens (tertiary/aromatic N) is 1. The molecule has 5 heteroatoms. The van der Waals surface area contributed by atoms with Crippen LogP contribution in [0.3, 0.4) is 0 Å². The summed E-state index contributed by atoms with van der Waals surface area (Å²) in [6.45, 7) is 4.59. The summed E-state index contributed by atoms with van der Waals surface area (Å²) in [7, 11) is 0. The molecule has 1 aliphatic heterocycles. The highest BCUT2D eigenvalue weighted by atomic mass is 16.2. The minimum absolute atomic E-state index is 0.310. The van der Waals surface area contributed by atoms with E-state index < -0.39 is 17.9 Å². The van der Waals surface area contributed by atoms with Crippen LogP contribution in [0.5, 0.6) is 0 Å². The van der Waals surface area contributed by atoms with Gasteiger partial charge in [-0.2, -0.15) is 0 Å². The van der Waals surface area contributed by atoms with Crippen molar-refractivity contribution in [1.29, 1.82) is 0 Å². The molecule has 19 heavy (non-hydrogen) atoms. The van der Waals surface area contributed by atoms with Crippen molar-refractivity contribution in [3.05, 3.63) is 0 Å². The highest BCUT2D eigenvalue weighted by Gasteiger charge is 2.40. The Bertz CT molecular complexity index is 394. The molecule has 0 spiro atoms. The first-order chi connectivity index (χ1) is 9.02. The SMILES string of the molecule is CCCC1C(=O)NC(=O)N(CC2CCC(C)C2)C1=O. The van der Waals surface area contributed by atoms with E-state index >= 15 is 0 Å². The topological polar surface area (TPSA) is 66.5 Å². The lowest BCUT2D eigenvalue weighted by atomic mass is 9.97. The van der Waals surface area contributed by atoms with Crippen LogP contribution in [0.15, 0.2) is 0 Å². The quantitative estimate of drug-likeness (QED) is 0.790. The van der Waals surface area contributed by atoms with Crippen LogP contribution < -0.4 is 5.32 Å². The maximum Gasteiger partial charge on any atom is 0.330 e. The molecule has 0 aromatic heterocycles. The van der Waals surface area contributed by atoms with Gasteiger partial charge >= 0.3 is 6.03 Å². The standard InChI is InChI=1S/C14H22N2O3/c1-3-4-11-12(17)15-14(19)16(13(11)18)8-10-6-5-9(2)7-10/h9-11H,3-8H2,1-2H3,(H,15,17,19). The molecule has 0 radical (unpaired) electrons. The smallest absolute Gasteiger partial charge is 0.277 e. The number of imide groups is 2. The zero-order valence-electron chi connectivity index (χ0n) is 11.6. The van der Waals surface area contributed by atoms with Gasteiger partial charge in [0.05, 0.1) is 0 Å². The van der Waals surface area contributed by atoms with Crippen molar-refractivity contribution in [2.24, 2.45) is 17.8 Å². The number of hydrogen-bond donors (Lipinski definition) is 1. The molecule has 2 aliphatic rings. The summed E-state index contributed by atoms with van der Waals surface area (Å²) in [5.41, 5.74) is 0. The molecule has 1 saturated carbocycles. The predicted octanol–water partition coefficient (Wildman–Crippen LogP) is 1.92. The fourth-order valence-electron chi connectivity index (χ4n) is 3.13. The number of carbonyl (C=O) groups is 3. The molecule has 0 aromatic carbocycles. The number of rotatable bonds is 4. The second-order valence-corrected chi connectivity index (χ2v) is 5.87. The van der Waals surface area contributed by atoms with Crippen LogP contribution in [0.2, 0.25) is 0 Å². The first-order valence-electron chi connectivity index (χ1n) is 7.19. The average molecular weight is 266 g/mol. The number of amides is 4. The van der Waals surface area contributed by atoms with Crippen molar-refractivity contribution < 1.29 is 14.4 Å². The molecule has 2 rings (SSSR count). The normalized spacial score (nSPS) is 31.8. The molecule has 3 unspecified atom stereocenters. The summed E-state index contributed by atoms with van der Waals surface area (Å²) in [6.07, 6.45) is 4.54. The third kappa shape index (κ3) is 2.96. The van der Waals surface area contributed by atoms with E-state index in [2.05, 4.69) is 12.2 Å². The molecule has 0 aromatic rings. The monoisotopic (exact) mass is 266 g/mol. The average Bonchev–Trinajstić information content (AvgIpc) is 2.76. The van der Waals surface area contributed by atoms with E-state index in [0.717, 1.165) is 25.7 Å². The van der Waals surface area contributed by atoms with Gasteiger partial charge < -0.3 is 0 Å². The van der Waals surface area contributed by atoms with Gasteiger partial charge in [-0.15, -0.1) is 0 Å². The molecule has 1 N–H and O–H groups in total. The Morgan fingerprint density at radius 2 is 2.00 bits per heavy atom. The van der Waals surface area contributed by atoms with Gasteiger partial charge in [0, 0.05) is 6.54 Å². The molecule has 5 nitrogen and oxygen atoms in total. The van der Waals surface area contributed by atoms with Crippen molar-refractivity contribution in [2.75, 3.05) is 6.54 Å². The number of barbiturate groups is 1. The summed E-state index contributed by atoms with van der Waals surface area (Å²) in [4.78, 5) is 37.0. The van der Waals surface area contributed by atoms with E-state index in [4.69, 9.17) is 0 Å². The van der Waals surface area contributed by atoms with Crippen molar-refractivity contribution >= 4 is 17.8 Å². The Hall–Kier alpha value is -1.39. The summed E-state index contributed by atoms with van der Waals surface area (Å²) in [6, 6.07) is -0.540. The first kappa shape index (κ1) is 14.0. The zero-order valence-corrected chi connectivity index (χ0v) is 11.6. The Morgan fingerprint density at radius 1 is 1.26 bits per heavy atom. The minimum atomic E-state index is -0.679. The highest BCUT2D eigenvalue weighted by molar-refractivity contribution is 6.16. The fourth-order valence-corrected chi connectivity index (χ4v) is 3.13. The van der Waals surface area contributed by atoms with Gasteiger partial charge in [-0.3, -0.25) is 19.8 Å². The Kier molecular flexibility index (Phi) is 4.22. The van der Waals surface area contributed by atoms with Crippen LogP contribution in [0, 0.1) is 17.8 Å². The van der Waals surface area contributed by atoms with Crippen molar-refractivity contribution in [3.8, 4) is 0 Å². The summed E-state index contributed by atoms with van der Waals surface area (Å²) in [5, 5.41) is 2.31. The van der Waals surface area contributed by atoms with E-state index in [0.29, 0.717) is 24.8 Å². The second kappa shape index (κ2) is 5.72. The van der Waals surface area contributed by atoms with Gasteiger partial charge in [0.15, 0.2) is 0 Å². The van der Waals surface area contributed by atoms with E-state index in [1.165, 1.54) is 4.90 Å². The van der Waals surface area contributed by atoms with Gasteiger partial charge in [0.25, 0.3) is 0 Å². The zero-order chi connectivity index (χ0) is 14.0. The lowest BCUT2D eigenvalue weighted by Gasteiger charge is -2.31. The number of urea groups is 1. The van der Waals surface area contributed by atoms with E-state index in [1.807, 2.05) is 6.92 Å². The Labute approximate surface area is 113 Å². The van der Waals surface area contributed by atoms with Crippen LogP contribution >= 0.6 is 0 Å². The van der Waals surface area contributed by atoms with Crippen LogP contribution in [-0.4, -0.2) is 29.3 Å². The molecule has 1 aliphatic carbocycles. The van der Waals surface area contributed by atoms with Crippen LogP contribution in [0.4, 0.5) is 4.79 Å². The molecule has 0 bridgehead atoms. The second-order valence-electron chi connectivity index (χ2n) is 5.87. The largest absolute Gasteiger partial charge is 0.330 e. The molecule has 3 atom stereocenters. The predicted molar refractivity (Wildman–Crippen MR) is 70.2 cm³/mol. The number of nitrogens with one attached hydrogen (secondary N) is 1. The van der Waals surface area contributed by atoms with Crippen molar-refractivity contribution in [3.63, 3.8) is 0 Å². The number of hydrogen-bond acceptors (Lipinski definition) is 3. The van der Waals surface area contributed by atoms with Crippen molar-refractivity contribution in [1.82, 2.24) is 10.2 Å². The van der Waals surface area contributed by atoms with E-state index in [9.17, 15) is 14.4 Å². The molecular weight excluding hydrogens is 244 g/mol. The lowest BCUT2D eigenvalue weighted by Crippen LogP contribution is -2.58. The first-order valence-corrected chi connectivity index (χ1v) is 7.19. The fraction of sp³-hybridized carbons (Fsp3) is 0.786. The molecule has 1 saturated heterocycles. The summed E-state index contributed by atoms with van der Waals surface area (Å²) >= 11 is 0. The van der Waals surface area contributed by atoms with E-state index in [-0.39, 0.29) is 5.91 Å². The van der Waals surface area contributed by atoms with Gasteiger partial charge in [-0.1, -0.05) is 26.7 Å². The summed E-state index contributed by atoms with van der Waals surface area (Å²) in [5.74, 6) is -0.370. The molecule has 2 fully saturated rings. The maximum atomic E-state index is 12.2. The van der Waals surface area contributed by atoms with Crippen molar-refractivity contribution in [2.45, 2.75) is 46.0 Å². The highest BCUT2D eigenvalue weighted by Crippen LogP contribution is 2.31. The third-order valence-electron chi connectivity index (χ3n) is 4.18. The molecule has 106 valence electrons. The van der Waals surface area contributed by atoms with Gasteiger partial charge in [-0.25, -0.2) is 4.79 Å². The number of carbonyl (C=O) groups excluding carboxylic acids is 3. The van der Waals surface area contributed by atoms with Gasteiger partial charge in [-0.05, 0) is 31.1 Å². The van der Waals surface area contributed by atoms with Crippen LogP contribution in [0.25, 0.3) is 0 Å². The van der Waals surface area contributed by atoms with Crippen LogP contribution in [0.1, 0.15) is 46.0 Å². The summed E-state index contributed by atoms with van der Waals surface area (Å²) < 4.78 is 0. The molecule has 4 amide bonds. The van der Waals surface area contributed by atoms with E-state index in [1.54, 1.807) is 0 Å². The van der Waals surface area contributed by atoms with Crippen LogP contribution in [-0.2, 0) is 9.59 Å². The van der Waals surface area contributed by atoms with Gasteiger partial charge in [0.1, 0.15) is 5.92 Å². The Balaban J connectivity index is 2.03. The Morgan fingerprint density at radius 3 is 2.58 bits per heavy atom. The lowest BCUT2D eigenvalue weighted by molar-refractivity contribution is -0.143. The maximum absolute atomic E-state index is 12.2.